The Kier molecular flexibility index (Phi) is 9.68. The maximum Gasteiger partial charge on any atom is 0.139 e. The Labute approximate surface area is 179 Å². The molecule has 0 saturated carbocycles. The fourth-order valence-electron chi connectivity index (χ4n) is 3.04. The summed E-state index contributed by atoms with van der Waals surface area (Å²) in [5.41, 5.74) is 2.51. The lowest BCUT2D eigenvalue weighted by atomic mass is 9.98. The van der Waals surface area contributed by atoms with Crippen molar-refractivity contribution in [2.75, 3.05) is 19.8 Å². The second kappa shape index (κ2) is 12.2. The molecule has 2 N–H and O–H groups in total. The molecule has 0 amide bonds. The molecule has 5 nitrogen and oxygen atoms in total. The Morgan fingerprint density at radius 1 is 0.967 bits per heavy atom. The van der Waals surface area contributed by atoms with E-state index in [-0.39, 0.29) is 30.5 Å². The van der Waals surface area contributed by atoms with E-state index in [0.717, 1.165) is 31.4 Å². The number of carbonyl (C=O) groups excluding carboxylic acids is 1. The zero-order valence-corrected chi connectivity index (χ0v) is 18.3. The highest BCUT2D eigenvalue weighted by Crippen LogP contribution is 2.31. The number of hydrogen-bond donors (Lipinski definition) is 2. The third-order valence-electron chi connectivity index (χ3n) is 5.09. The summed E-state index contributed by atoms with van der Waals surface area (Å²) in [4.78, 5) is 11.9. The number of unbranched alkanes of at least 4 members (excludes halogenated alkanes) is 1. The molecular weight excluding hydrogens is 380 g/mol. The Balaban J connectivity index is 1.71. The van der Waals surface area contributed by atoms with Gasteiger partial charge in [0.25, 0.3) is 0 Å². The predicted octanol–water partition coefficient (Wildman–Crippen LogP) is 4.63. The first-order valence-electron chi connectivity index (χ1n) is 10.7. The van der Waals surface area contributed by atoms with Crippen LogP contribution in [0.1, 0.15) is 49.8 Å². The number of Topliss-reactive ketones (excluding diaryl/α,β-unsaturated/α-hetero) is 1. The molecule has 0 fully saturated rings. The van der Waals surface area contributed by atoms with Gasteiger partial charge in [-0.2, -0.15) is 0 Å². The van der Waals surface area contributed by atoms with Crippen molar-refractivity contribution >= 4 is 5.78 Å². The number of hydrogen-bond acceptors (Lipinski definition) is 5. The lowest BCUT2D eigenvalue weighted by Crippen LogP contribution is -2.10. The molecule has 0 heterocycles. The first-order valence-corrected chi connectivity index (χ1v) is 10.7. The lowest BCUT2D eigenvalue weighted by Gasteiger charge is -2.14. The smallest absolute Gasteiger partial charge is 0.139 e. The van der Waals surface area contributed by atoms with Gasteiger partial charge in [0, 0.05) is 30.1 Å². The summed E-state index contributed by atoms with van der Waals surface area (Å²) >= 11 is 0. The van der Waals surface area contributed by atoms with Gasteiger partial charge in [-0.1, -0.05) is 32.0 Å². The van der Waals surface area contributed by atoms with Gasteiger partial charge in [0.1, 0.15) is 23.0 Å². The first-order chi connectivity index (χ1) is 14.4. The second-order valence-corrected chi connectivity index (χ2v) is 7.87. The van der Waals surface area contributed by atoms with E-state index in [1.807, 2.05) is 44.2 Å². The van der Waals surface area contributed by atoms with E-state index in [2.05, 4.69) is 0 Å². The zero-order chi connectivity index (χ0) is 21.9. The Hall–Kier alpha value is -2.53. The minimum atomic E-state index is -0.0490. The van der Waals surface area contributed by atoms with Crippen LogP contribution in [-0.2, 0) is 17.6 Å². The summed E-state index contributed by atoms with van der Waals surface area (Å²) in [6.45, 7) is 6.89. The number of benzene rings is 2. The quantitative estimate of drug-likeness (QED) is 0.467. The molecule has 0 aliphatic heterocycles. The van der Waals surface area contributed by atoms with Gasteiger partial charge in [0.15, 0.2) is 0 Å². The number of aliphatic hydroxyl groups excluding tert-OH is 1. The Morgan fingerprint density at radius 3 is 2.27 bits per heavy atom. The highest BCUT2D eigenvalue weighted by atomic mass is 16.5. The fourth-order valence-corrected chi connectivity index (χ4v) is 3.04. The Bertz CT molecular complexity index is 796. The van der Waals surface area contributed by atoms with E-state index < -0.39 is 0 Å². The number of rotatable bonds is 13. The average molecular weight is 415 g/mol. The molecule has 164 valence electrons. The molecule has 0 bridgehead atoms. The van der Waals surface area contributed by atoms with E-state index in [0.29, 0.717) is 30.1 Å². The second-order valence-electron chi connectivity index (χ2n) is 7.87. The average Bonchev–Trinajstić information content (AvgIpc) is 2.74. The molecule has 2 aromatic carbocycles. The monoisotopic (exact) mass is 414 g/mol. The van der Waals surface area contributed by atoms with Crippen LogP contribution in [-0.4, -0.2) is 35.8 Å². The van der Waals surface area contributed by atoms with Gasteiger partial charge in [0.2, 0.25) is 0 Å². The van der Waals surface area contributed by atoms with Gasteiger partial charge in [-0.15, -0.1) is 0 Å². The zero-order valence-electron chi connectivity index (χ0n) is 18.3. The standard InChI is InChI=1S/C25H34O5/c1-18(2)23(27)17-21-10-13-24(19(3)25(21)28)30-16-5-4-15-29-22-11-8-20(9-12-22)7-6-14-26/h8-13,18,26,28H,4-7,14-17H2,1-3H3. The van der Waals surface area contributed by atoms with E-state index in [1.165, 1.54) is 5.56 Å². The summed E-state index contributed by atoms with van der Waals surface area (Å²) in [6, 6.07) is 11.6. The van der Waals surface area contributed by atoms with Crippen LogP contribution in [0, 0.1) is 12.8 Å². The van der Waals surface area contributed by atoms with Crippen molar-refractivity contribution in [3.05, 3.63) is 53.1 Å². The topological polar surface area (TPSA) is 76.0 Å². The maximum absolute atomic E-state index is 11.9. The van der Waals surface area contributed by atoms with Crippen LogP contribution >= 0.6 is 0 Å². The number of aliphatic hydroxyl groups is 1. The highest BCUT2D eigenvalue weighted by molar-refractivity contribution is 5.83. The summed E-state index contributed by atoms with van der Waals surface area (Å²) in [5, 5.41) is 19.3. The molecule has 0 aliphatic rings. The fraction of sp³-hybridized carbons (Fsp3) is 0.480. The van der Waals surface area contributed by atoms with Crippen LogP contribution in [0.3, 0.4) is 0 Å². The maximum atomic E-state index is 11.9. The van der Waals surface area contributed by atoms with E-state index in [4.69, 9.17) is 14.6 Å². The summed E-state index contributed by atoms with van der Waals surface area (Å²) in [6.07, 6.45) is 3.58. The van der Waals surface area contributed by atoms with Crippen molar-refractivity contribution in [3.63, 3.8) is 0 Å². The third-order valence-corrected chi connectivity index (χ3v) is 5.09. The third kappa shape index (κ3) is 7.38. The number of ketones is 1. The number of aryl methyl sites for hydroxylation is 1. The van der Waals surface area contributed by atoms with Crippen LogP contribution in [0.25, 0.3) is 0 Å². The number of phenolic OH excluding ortho intramolecular Hbond substituents is 1. The summed E-state index contributed by atoms with van der Waals surface area (Å²) in [7, 11) is 0. The molecule has 30 heavy (non-hydrogen) atoms. The molecule has 5 heteroatoms. The number of aromatic hydroxyl groups is 1. The van der Waals surface area contributed by atoms with Crippen molar-refractivity contribution in [2.24, 2.45) is 5.92 Å². The molecule has 2 rings (SSSR count). The van der Waals surface area contributed by atoms with Gasteiger partial charge in [-0.05, 0) is 56.4 Å². The molecular formula is C25H34O5. The largest absolute Gasteiger partial charge is 0.507 e. The van der Waals surface area contributed by atoms with Gasteiger partial charge >= 0.3 is 0 Å². The minimum Gasteiger partial charge on any atom is -0.507 e. The van der Waals surface area contributed by atoms with Crippen LogP contribution in [0.2, 0.25) is 0 Å². The molecule has 0 aromatic heterocycles. The SMILES string of the molecule is Cc1c(OCCCCOc2ccc(CCCO)cc2)ccc(CC(=O)C(C)C)c1O. The van der Waals surface area contributed by atoms with Gasteiger partial charge in [-0.25, -0.2) is 0 Å². The van der Waals surface area contributed by atoms with E-state index >= 15 is 0 Å². The van der Waals surface area contributed by atoms with Crippen molar-refractivity contribution in [1.29, 1.82) is 0 Å². The predicted molar refractivity (Wildman–Crippen MR) is 118 cm³/mol. The van der Waals surface area contributed by atoms with E-state index in [9.17, 15) is 9.90 Å². The first kappa shape index (κ1) is 23.7. The minimum absolute atomic E-state index is 0.0490. The molecule has 0 aliphatic carbocycles. The molecule has 0 atom stereocenters. The number of carbonyl (C=O) groups is 1. The van der Waals surface area contributed by atoms with Crippen LogP contribution in [0.4, 0.5) is 0 Å². The van der Waals surface area contributed by atoms with Crippen molar-refractivity contribution in [2.45, 2.75) is 52.9 Å². The summed E-state index contributed by atoms with van der Waals surface area (Å²) < 4.78 is 11.6. The molecule has 0 unspecified atom stereocenters. The molecule has 0 saturated heterocycles. The number of ether oxygens (including phenoxy) is 2. The number of phenols is 1. The van der Waals surface area contributed by atoms with Crippen LogP contribution < -0.4 is 9.47 Å². The van der Waals surface area contributed by atoms with Crippen molar-refractivity contribution in [3.8, 4) is 17.2 Å². The normalized spacial score (nSPS) is 11.0. The molecule has 0 spiro atoms. The van der Waals surface area contributed by atoms with Crippen LogP contribution in [0.15, 0.2) is 36.4 Å². The molecule has 2 aromatic rings. The van der Waals surface area contributed by atoms with Gasteiger partial charge in [0.05, 0.1) is 13.2 Å². The highest BCUT2D eigenvalue weighted by Gasteiger charge is 2.15. The van der Waals surface area contributed by atoms with Crippen molar-refractivity contribution < 1.29 is 24.5 Å². The van der Waals surface area contributed by atoms with Crippen LogP contribution in [0.5, 0.6) is 17.2 Å². The van der Waals surface area contributed by atoms with E-state index in [1.54, 1.807) is 13.0 Å². The molecule has 0 radical (unpaired) electrons. The van der Waals surface area contributed by atoms with Gasteiger partial charge < -0.3 is 19.7 Å². The van der Waals surface area contributed by atoms with Gasteiger partial charge in [-0.3, -0.25) is 4.79 Å². The Morgan fingerprint density at radius 2 is 1.63 bits per heavy atom. The summed E-state index contributed by atoms with van der Waals surface area (Å²) in [5.74, 6) is 1.70. The lowest BCUT2D eigenvalue weighted by molar-refractivity contribution is -0.121. The van der Waals surface area contributed by atoms with Crippen molar-refractivity contribution in [1.82, 2.24) is 0 Å².